The van der Waals surface area contributed by atoms with Crippen LogP contribution in [0.3, 0.4) is 0 Å². The van der Waals surface area contributed by atoms with E-state index in [4.69, 9.17) is 4.52 Å². The van der Waals surface area contributed by atoms with E-state index in [1.165, 1.54) is 24.6 Å². The second-order valence-electron chi connectivity index (χ2n) is 4.32. The van der Waals surface area contributed by atoms with Gasteiger partial charge in [-0.2, -0.15) is 4.98 Å². The van der Waals surface area contributed by atoms with Gasteiger partial charge in [-0.15, -0.1) is 0 Å². The predicted octanol–water partition coefficient (Wildman–Crippen LogP) is 2.42. The minimum absolute atomic E-state index is 0.0246. The highest BCUT2D eigenvalue weighted by molar-refractivity contribution is 5.58. The first-order valence-corrected chi connectivity index (χ1v) is 5.59. The van der Waals surface area contributed by atoms with Crippen LogP contribution in [0.2, 0.25) is 0 Å². The van der Waals surface area contributed by atoms with E-state index < -0.39 is 0 Å². The molecule has 0 amide bonds. The summed E-state index contributed by atoms with van der Waals surface area (Å²) >= 11 is 0. The van der Waals surface area contributed by atoms with Gasteiger partial charge in [0.25, 0.3) is 5.89 Å². The Bertz CT molecular complexity index is 526. The summed E-state index contributed by atoms with van der Waals surface area (Å²) in [5.41, 5.74) is 0.528. The van der Waals surface area contributed by atoms with E-state index in [0.717, 1.165) is 12.8 Å². The van der Waals surface area contributed by atoms with Crippen LogP contribution in [0, 0.1) is 0 Å². The summed E-state index contributed by atoms with van der Waals surface area (Å²) < 4.78 is 5.13. The number of rotatable bonds is 2. The van der Waals surface area contributed by atoms with Crippen molar-refractivity contribution in [2.75, 3.05) is 0 Å². The zero-order chi connectivity index (χ0) is 11.8. The maximum atomic E-state index is 9.38. The van der Waals surface area contributed by atoms with E-state index in [1.54, 1.807) is 0 Å². The molecule has 0 unspecified atom stereocenters. The molecule has 0 radical (unpaired) electrons. The van der Waals surface area contributed by atoms with Gasteiger partial charge in [0.15, 0.2) is 5.82 Å². The van der Waals surface area contributed by atoms with Gasteiger partial charge in [0.05, 0.1) is 0 Å². The van der Waals surface area contributed by atoms with E-state index in [0.29, 0.717) is 23.2 Å². The molecule has 17 heavy (non-hydrogen) atoms. The fourth-order valence-corrected chi connectivity index (χ4v) is 1.90. The highest BCUT2D eigenvalue weighted by Gasteiger charge is 2.25. The number of aromatic hydroxyl groups is 2. The van der Waals surface area contributed by atoms with Gasteiger partial charge in [0.2, 0.25) is 0 Å². The maximum Gasteiger partial charge on any atom is 0.258 e. The zero-order valence-electron chi connectivity index (χ0n) is 9.13. The number of nitrogens with zero attached hydrogens (tertiary/aromatic N) is 2. The summed E-state index contributed by atoms with van der Waals surface area (Å²) in [5, 5.41) is 22.7. The minimum Gasteiger partial charge on any atom is -0.508 e. The van der Waals surface area contributed by atoms with Crippen molar-refractivity contribution in [1.82, 2.24) is 10.1 Å². The molecule has 2 aromatic rings. The third kappa shape index (κ3) is 1.84. The first-order valence-electron chi connectivity index (χ1n) is 5.59. The van der Waals surface area contributed by atoms with E-state index in [-0.39, 0.29) is 11.5 Å². The Morgan fingerprint density at radius 1 is 1.12 bits per heavy atom. The molecule has 1 aromatic carbocycles. The van der Waals surface area contributed by atoms with Gasteiger partial charge in [-0.05, 0) is 25.0 Å². The molecule has 5 nitrogen and oxygen atoms in total. The lowest BCUT2D eigenvalue weighted by atomic mass is 9.85. The van der Waals surface area contributed by atoms with Crippen LogP contribution in [-0.2, 0) is 0 Å². The van der Waals surface area contributed by atoms with Crippen LogP contribution in [0.4, 0.5) is 0 Å². The molecule has 1 aliphatic carbocycles. The van der Waals surface area contributed by atoms with E-state index in [9.17, 15) is 10.2 Å². The van der Waals surface area contributed by atoms with Gasteiger partial charge in [0.1, 0.15) is 11.5 Å². The Hall–Kier alpha value is -2.04. The third-order valence-corrected chi connectivity index (χ3v) is 3.06. The summed E-state index contributed by atoms with van der Waals surface area (Å²) in [7, 11) is 0. The molecule has 0 aliphatic heterocycles. The Morgan fingerprint density at radius 3 is 2.41 bits per heavy atom. The number of phenols is 2. The number of benzene rings is 1. The largest absolute Gasteiger partial charge is 0.508 e. The van der Waals surface area contributed by atoms with Crippen LogP contribution >= 0.6 is 0 Å². The van der Waals surface area contributed by atoms with Gasteiger partial charge in [-0.3, -0.25) is 0 Å². The summed E-state index contributed by atoms with van der Waals surface area (Å²) in [6.45, 7) is 0. The van der Waals surface area contributed by atoms with Crippen LogP contribution in [0.15, 0.2) is 22.7 Å². The Balaban J connectivity index is 1.94. The maximum absolute atomic E-state index is 9.38. The Labute approximate surface area is 97.7 Å². The summed E-state index contributed by atoms with van der Waals surface area (Å²) in [6, 6.07) is 4.22. The molecule has 0 bridgehead atoms. The van der Waals surface area contributed by atoms with E-state index in [1.807, 2.05) is 0 Å². The minimum atomic E-state index is -0.0246. The number of hydrogen-bond acceptors (Lipinski definition) is 5. The molecule has 0 spiro atoms. The van der Waals surface area contributed by atoms with Crippen molar-refractivity contribution >= 4 is 0 Å². The smallest absolute Gasteiger partial charge is 0.258 e. The molecule has 88 valence electrons. The van der Waals surface area contributed by atoms with Crippen molar-refractivity contribution in [2.45, 2.75) is 25.2 Å². The molecule has 1 aromatic heterocycles. The Kier molecular flexibility index (Phi) is 2.24. The molecule has 0 saturated heterocycles. The molecule has 2 N–H and O–H groups in total. The highest BCUT2D eigenvalue weighted by atomic mass is 16.5. The third-order valence-electron chi connectivity index (χ3n) is 3.06. The monoisotopic (exact) mass is 232 g/mol. The van der Waals surface area contributed by atoms with Crippen LogP contribution in [-0.4, -0.2) is 20.4 Å². The quantitative estimate of drug-likeness (QED) is 0.831. The standard InChI is InChI=1S/C12H12N2O3/c15-9-4-8(5-10(16)6-9)12-13-11(14-17-12)7-2-1-3-7/h4-7,15-16H,1-3H2. The van der Waals surface area contributed by atoms with Crippen molar-refractivity contribution in [3.8, 4) is 23.0 Å². The molecule has 1 fully saturated rings. The zero-order valence-corrected chi connectivity index (χ0v) is 9.13. The first kappa shape index (κ1) is 10.1. The highest BCUT2D eigenvalue weighted by Crippen LogP contribution is 2.36. The second kappa shape index (κ2) is 3.76. The molecule has 5 heteroatoms. The SMILES string of the molecule is Oc1cc(O)cc(-c2nc(C3CCC3)no2)c1. The topological polar surface area (TPSA) is 79.4 Å². The summed E-state index contributed by atoms with van der Waals surface area (Å²) in [5.74, 6) is 1.40. The van der Waals surface area contributed by atoms with Crippen molar-refractivity contribution in [3.05, 3.63) is 24.0 Å². The predicted molar refractivity (Wildman–Crippen MR) is 59.7 cm³/mol. The fourth-order valence-electron chi connectivity index (χ4n) is 1.90. The van der Waals surface area contributed by atoms with Gasteiger partial charge in [-0.1, -0.05) is 11.6 Å². The first-order chi connectivity index (χ1) is 8.22. The van der Waals surface area contributed by atoms with Crippen molar-refractivity contribution in [2.24, 2.45) is 0 Å². The lowest BCUT2D eigenvalue weighted by Crippen LogP contribution is -2.10. The summed E-state index contributed by atoms with van der Waals surface area (Å²) in [6.07, 6.45) is 3.41. The van der Waals surface area contributed by atoms with E-state index in [2.05, 4.69) is 10.1 Å². The van der Waals surface area contributed by atoms with E-state index >= 15 is 0 Å². The molecule has 0 atom stereocenters. The molecular weight excluding hydrogens is 220 g/mol. The van der Waals surface area contributed by atoms with Crippen molar-refractivity contribution < 1.29 is 14.7 Å². The average Bonchev–Trinajstić information content (AvgIpc) is 2.62. The van der Waals surface area contributed by atoms with Crippen molar-refractivity contribution in [3.63, 3.8) is 0 Å². The molecular formula is C12H12N2O3. The van der Waals surface area contributed by atoms with Crippen LogP contribution in [0.1, 0.15) is 31.0 Å². The fraction of sp³-hybridized carbons (Fsp3) is 0.333. The normalized spacial score (nSPS) is 15.8. The number of phenolic OH excluding ortho intramolecular Hbond substituents is 2. The van der Waals surface area contributed by atoms with Crippen LogP contribution in [0.25, 0.3) is 11.5 Å². The van der Waals surface area contributed by atoms with Crippen molar-refractivity contribution in [1.29, 1.82) is 0 Å². The summed E-state index contributed by atoms with van der Waals surface area (Å²) in [4.78, 5) is 4.28. The van der Waals surface area contributed by atoms with Crippen LogP contribution < -0.4 is 0 Å². The van der Waals surface area contributed by atoms with Gasteiger partial charge >= 0.3 is 0 Å². The van der Waals surface area contributed by atoms with Gasteiger partial charge < -0.3 is 14.7 Å². The molecule has 3 rings (SSSR count). The number of aromatic nitrogens is 2. The second-order valence-corrected chi connectivity index (χ2v) is 4.32. The lowest BCUT2D eigenvalue weighted by molar-refractivity contribution is 0.366. The van der Waals surface area contributed by atoms with Gasteiger partial charge in [0, 0.05) is 17.5 Å². The number of hydrogen-bond donors (Lipinski definition) is 2. The molecule has 1 aliphatic rings. The molecule has 1 heterocycles. The molecule has 1 saturated carbocycles. The van der Waals surface area contributed by atoms with Gasteiger partial charge in [-0.25, -0.2) is 0 Å². The van der Waals surface area contributed by atoms with Crippen LogP contribution in [0.5, 0.6) is 11.5 Å². The Morgan fingerprint density at radius 2 is 1.82 bits per heavy atom. The lowest BCUT2D eigenvalue weighted by Gasteiger charge is -2.20. The average molecular weight is 232 g/mol.